The lowest BCUT2D eigenvalue weighted by Crippen LogP contribution is -2.04. The molecular weight excluding hydrogens is 281 g/mol. The van der Waals surface area contributed by atoms with E-state index in [1.807, 2.05) is 26.0 Å². The standard InChI is InChI=1S/C16H16FN5/c1-11-7-16(21-10-20-11)19-9-13-3-4-15(14(17)8-13)22-6-5-18-12(22)2/h3-8,10H,9H2,1-2H3,(H,19,20,21). The van der Waals surface area contributed by atoms with Gasteiger partial charge in [0.2, 0.25) is 0 Å². The van der Waals surface area contributed by atoms with Crippen LogP contribution in [0.25, 0.3) is 5.69 Å². The molecule has 0 unspecified atom stereocenters. The Morgan fingerprint density at radius 2 is 2.00 bits per heavy atom. The van der Waals surface area contributed by atoms with Crippen LogP contribution in [0, 0.1) is 19.7 Å². The molecule has 0 atom stereocenters. The molecule has 0 fully saturated rings. The van der Waals surface area contributed by atoms with Crippen LogP contribution in [0.4, 0.5) is 10.2 Å². The number of nitrogens with one attached hydrogen (secondary N) is 1. The fourth-order valence-electron chi connectivity index (χ4n) is 2.23. The Labute approximate surface area is 127 Å². The maximum absolute atomic E-state index is 14.3. The maximum Gasteiger partial charge on any atom is 0.147 e. The number of aryl methyl sites for hydroxylation is 2. The van der Waals surface area contributed by atoms with Crippen LogP contribution in [-0.4, -0.2) is 19.5 Å². The molecule has 0 aliphatic rings. The smallest absolute Gasteiger partial charge is 0.147 e. The van der Waals surface area contributed by atoms with E-state index in [1.165, 1.54) is 12.4 Å². The first-order valence-corrected chi connectivity index (χ1v) is 6.95. The van der Waals surface area contributed by atoms with Gasteiger partial charge in [-0.1, -0.05) is 6.07 Å². The lowest BCUT2D eigenvalue weighted by molar-refractivity contribution is 0.614. The van der Waals surface area contributed by atoms with E-state index in [4.69, 9.17) is 0 Å². The monoisotopic (exact) mass is 297 g/mol. The number of anilines is 1. The van der Waals surface area contributed by atoms with E-state index in [9.17, 15) is 4.39 Å². The molecule has 6 heteroatoms. The van der Waals surface area contributed by atoms with Gasteiger partial charge in [-0.2, -0.15) is 0 Å². The molecular formula is C16H16FN5. The van der Waals surface area contributed by atoms with E-state index in [0.717, 1.165) is 22.9 Å². The summed E-state index contributed by atoms with van der Waals surface area (Å²) in [5, 5.41) is 3.16. The van der Waals surface area contributed by atoms with Crippen LogP contribution in [-0.2, 0) is 6.54 Å². The van der Waals surface area contributed by atoms with Crippen molar-refractivity contribution >= 4 is 5.82 Å². The van der Waals surface area contributed by atoms with Gasteiger partial charge in [0.1, 0.15) is 23.8 Å². The zero-order chi connectivity index (χ0) is 15.5. The first kappa shape index (κ1) is 14.2. The van der Waals surface area contributed by atoms with Crippen LogP contribution in [0.3, 0.4) is 0 Å². The molecule has 5 nitrogen and oxygen atoms in total. The van der Waals surface area contributed by atoms with Crippen molar-refractivity contribution in [2.45, 2.75) is 20.4 Å². The predicted octanol–water partition coefficient (Wildman–Crippen LogP) is 3.03. The number of nitrogens with zero attached hydrogens (tertiary/aromatic N) is 4. The van der Waals surface area contributed by atoms with Gasteiger partial charge in [-0.25, -0.2) is 19.3 Å². The average molecular weight is 297 g/mol. The summed E-state index contributed by atoms with van der Waals surface area (Å²) < 4.78 is 16.0. The van der Waals surface area contributed by atoms with Crippen molar-refractivity contribution in [1.82, 2.24) is 19.5 Å². The molecule has 0 saturated heterocycles. The van der Waals surface area contributed by atoms with Gasteiger partial charge in [0.15, 0.2) is 0 Å². The first-order chi connectivity index (χ1) is 10.6. The largest absolute Gasteiger partial charge is 0.366 e. The number of hydrogen-bond donors (Lipinski definition) is 1. The van der Waals surface area contributed by atoms with Crippen molar-refractivity contribution in [3.8, 4) is 5.69 Å². The highest BCUT2D eigenvalue weighted by Gasteiger charge is 2.08. The lowest BCUT2D eigenvalue weighted by Gasteiger charge is -2.10. The van der Waals surface area contributed by atoms with Crippen LogP contribution in [0.2, 0.25) is 0 Å². The van der Waals surface area contributed by atoms with Gasteiger partial charge in [-0.05, 0) is 31.5 Å². The number of rotatable bonds is 4. The molecule has 0 saturated carbocycles. The summed E-state index contributed by atoms with van der Waals surface area (Å²) in [4.78, 5) is 12.3. The summed E-state index contributed by atoms with van der Waals surface area (Å²) in [5.74, 6) is 1.20. The van der Waals surface area contributed by atoms with Gasteiger partial charge >= 0.3 is 0 Å². The zero-order valence-corrected chi connectivity index (χ0v) is 12.4. The second-order valence-corrected chi connectivity index (χ2v) is 5.03. The minimum Gasteiger partial charge on any atom is -0.366 e. The molecule has 0 radical (unpaired) electrons. The van der Waals surface area contributed by atoms with E-state index >= 15 is 0 Å². The summed E-state index contributed by atoms with van der Waals surface area (Å²) in [7, 11) is 0. The van der Waals surface area contributed by atoms with Crippen molar-refractivity contribution in [2.24, 2.45) is 0 Å². The molecule has 2 heterocycles. The minimum atomic E-state index is -0.278. The fourth-order valence-corrected chi connectivity index (χ4v) is 2.23. The molecule has 112 valence electrons. The van der Waals surface area contributed by atoms with Crippen LogP contribution in [0.15, 0.2) is 43.0 Å². The average Bonchev–Trinajstić information content (AvgIpc) is 2.91. The van der Waals surface area contributed by atoms with Gasteiger partial charge in [0.05, 0.1) is 5.69 Å². The molecule has 0 amide bonds. The molecule has 0 aliphatic heterocycles. The van der Waals surface area contributed by atoms with Crippen LogP contribution in [0.5, 0.6) is 0 Å². The van der Waals surface area contributed by atoms with Gasteiger partial charge in [-0.3, -0.25) is 0 Å². The molecule has 1 N–H and O–H groups in total. The molecule has 0 aliphatic carbocycles. The van der Waals surface area contributed by atoms with Gasteiger partial charge < -0.3 is 9.88 Å². The van der Waals surface area contributed by atoms with Crippen LogP contribution >= 0.6 is 0 Å². The van der Waals surface area contributed by atoms with E-state index in [-0.39, 0.29) is 5.82 Å². The number of imidazole rings is 1. The number of halogens is 1. The number of benzene rings is 1. The number of aromatic nitrogens is 4. The molecule has 2 aromatic heterocycles. The topological polar surface area (TPSA) is 55.6 Å². The Kier molecular flexibility index (Phi) is 3.82. The molecule has 1 aromatic carbocycles. The van der Waals surface area contributed by atoms with Crippen molar-refractivity contribution in [1.29, 1.82) is 0 Å². The zero-order valence-electron chi connectivity index (χ0n) is 12.4. The highest BCUT2D eigenvalue weighted by atomic mass is 19.1. The van der Waals surface area contributed by atoms with Crippen molar-refractivity contribution < 1.29 is 4.39 Å². The maximum atomic E-state index is 14.3. The lowest BCUT2D eigenvalue weighted by atomic mass is 10.2. The van der Waals surface area contributed by atoms with E-state index in [1.54, 1.807) is 23.0 Å². The Bertz CT molecular complexity index is 797. The fraction of sp³-hybridized carbons (Fsp3) is 0.188. The molecule has 3 rings (SSSR count). The highest BCUT2D eigenvalue weighted by molar-refractivity contribution is 5.40. The molecule has 0 bridgehead atoms. The first-order valence-electron chi connectivity index (χ1n) is 6.95. The number of hydrogen-bond acceptors (Lipinski definition) is 4. The Balaban J connectivity index is 1.76. The van der Waals surface area contributed by atoms with E-state index in [2.05, 4.69) is 20.3 Å². The third-order valence-electron chi connectivity index (χ3n) is 3.37. The summed E-state index contributed by atoms with van der Waals surface area (Å²) in [6, 6.07) is 7.01. The SMILES string of the molecule is Cc1cc(NCc2ccc(-n3ccnc3C)c(F)c2)ncn1. The van der Waals surface area contributed by atoms with Gasteiger partial charge in [0, 0.05) is 30.7 Å². The predicted molar refractivity (Wildman–Crippen MR) is 82.4 cm³/mol. The van der Waals surface area contributed by atoms with E-state index < -0.39 is 0 Å². The Morgan fingerprint density at radius 1 is 1.14 bits per heavy atom. The Hall–Kier alpha value is -2.76. The highest BCUT2D eigenvalue weighted by Crippen LogP contribution is 2.17. The summed E-state index contributed by atoms with van der Waals surface area (Å²) in [5.41, 5.74) is 2.22. The third kappa shape index (κ3) is 2.95. The quantitative estimate of drug-likeness (QED) is 0.804. The Morgan fingerprint density at radius 3 is 2.68 bits per heavy atom. The summed E-state index contributed by atoms with van der Waals surface area (Å²) >= 11 is 0. The second kappa shape index (κ2) is 5.93. The second-order valence-electron chi connectivity index (χ2n) is 5.03. The molecule has 0 spiro atoms. The van der Waals surface area contributed by atoms with Gasteiger partial charge in [0.25, 0.3) is 0 Å². The van der Waals surface area contributed by atoms with E-state index in [0.29, 0.717) is 12.2 Å². The molecule has 3 aromatic rings. The van der Waals surface area contributed by atoms with Crippen LogP contribution in [0.1, 0.15) is 17.1 Å². The third-order valence-corrected chi connectivity index (χ3v) is 3.37. The van der Waals surface area contributed by atoms with Gasteiger partial charge in [-0.15, -0.1) is 0 Å². The molecule has 22 heavy (non-hydrogen) atoms. The minimum absolute atomic E-state index is 0.278. The summed E-state index contributed by atoms with van der Waals surface area (Å²) in [6.45, 7) is 4.23. The normalized spacial score (nSPS) is 10.7. The van der Waals surface area contributed by atoms with Crippen molar-refractivity contribution in [2.75, 3.05) is 5.32 Å². The summed E-state index contributed by atoms with van der Waals surface area (Å²) in [6.07, 6.45) is 4.90. The van der Waals surface area contributed by atoms with Crippen LogP contribution < -0.4 is 5.32 Å². The van der Waals surface area contributed by atoms with Crippen molar-refractivity contribution in [3.05, 3.63) is 65.9 Å². The van der Waals surface area contributed by atoms with Crippen molar-refractivity contribution in [3.63, 3.8) is 0 Å².